The zero-order chi connectivity index (χ0) is 13.7. The number of hydrogen-bond donors (Lipinski definition) is 3. The molecule has 7 heteroatoms. The average Bonchev–Trinajstić information content (AvgIpc) is 2.29. The van der Waals surface area contributed by atoms with Crippen molar-refractivity contribution in [1.29, 1.82) is 0 Å². The molecule has 0 saturated carbocycles. The second-order valence-corrected chi connectivity index (χ2v) is 4.11. The Labute approximate surface area is 104 Å². The van der Waals surface area contributed by atoms with E-state index in [4.69, 9.17) is 9.84 Å². The fourth-order valence-electron chi connectivity index (χ4n) is 1.54. The summed E-state index contributed by atoms with van der Waals surface area (Å²) < 4.78 is 6.50. The van der Waals surface area contributed by atoms with E-state index >= 15 is 0 Å². The van der Waals surface area contributed by atoms with Crippen LogP contribution in [0.3, 0.4) is 0 Å². The number of hydrogen-bond acceptors (Lipinski definition) is 5. The van der Waals surface area contributed by atoms with Crippen molar-refractivity contribution < 1.29 is 14.9 Å². The molecule has 0 saturated heterocycles. The van der Waals surface area contributed by atoms with Crippen molar-refractivity contribution in [2.24, 2.45) is 0 Å². The number of aliphatic hydroxyl groups is 2. The first-order valence-corrected chi connectivity index (χ1v) is 5.68. The molecule has 1 aromatic heterocycles. The van der Waals surface area contributed by atoms with Crippen molar-refractivity contribution in [2.75, 3.05) is 13.2 Å². The molecule has 0 amide bonds. The van der Waals surface area contributed by atoms with E-state index in [1.807, 2.05) is 0 Å². The Kier molecular flexibility index (Phi) is 5.26. The molecule has 1 rings (SSSR count). The van der Waals surface area contributed by atoms with Crippen LogP contribution in [0.2, 0.25) is 0 Å². The lowest BCUT2D eigenvalue weighted by molar-refractivity contribution is -0.0428. The van der Waals surface area contributed by atoms with E-state index < -0.39 is 23.6 Å². The maximum absolute atomic E-state index is 11.7. The molecule has 2 unspecified atom stereocenters. The summed E-state index contributed by atoms with van der Waals surface area (Å²) in [5, 5.41) is 18.1. The smallest absolute Gasteiger partial charge is 0.330 e. The molecule has 0 aromatic carbocycles. The first-order chi connectivity index (χ1) is 8.45. The van der Waals surface area contributed by atoms with Crippen molar-refractivity contribution >= 4 is 0 Å². The van der Waals surface area contributed by atoms with Crippen LogP contribution in [0.4, 0.5) is 0 Å². The fourth-order valence-corrected chi connectivity index (χ4v) is 1.54. The Bertz CT molecular complexity index is 491. The van der Waals surface area contributed by atoms with Crippen molar-refractivity contribution in [3.05, 3.63) is 32.6 Å². The summed E-state index contributed by atoms with van der Waals surface area (Å²) in [5.74, 6) is 0. The summed E-state index contributed by atoms with van der Waals surface area (Å²) in [6, 6.07) is 0. The zero-order valence-electron chi connectivity index (χ0n) is 10.4. The normalized spacial score (nSPS) is 14.4. The highest BCUT2D eigenvalue weighted by Crippen LogP contribution is 2.13. The van der Waals surface area contributed by atoms with E-state index in [1.165, 1.54) is 10.8 Å². The number of H-pyrrole nitrogens is 1. The van der Waals surface area contributed by atoms with Gasteiger partial charge in [-0.05, 0) is 13.8 Å². The van der Waals surface area contributed by atoms with E-state index in [0.29, 0.717) is 5.56 Å². The highest BCUT2D eigenvalue weighted by atomic mass is 16.5. The minimum Gasteiger partial charge on any atom is -0.394 e. The standard InChI is InChI=1S/C11H18N2O5/c1-7-6-13(11(17)12-10(7)16)9(5-8(2)15)18-4-3-14/h6,8-9,14-15H,3-5H2,1-2H3,(H,12,16,17). The van der Waals surface area contributed by atoms with Crippen LogP contribution in [0, 0.1) is 6.92 Å². The number of aromatic nitrogens is 2. The van der Waals surface area contributed by atoms with Gasteiger partial charge in [0.05, 0.1) is 19.3 Å². The molecule has 0 fully saturated rings. The number of aryl methyl sites for hydroxylation is 1. The number of aliphatic hydroxyl groups excluding tert-OH is 2. The van der Waals surface area contributed by atoms with E-state index in [2.05, 4.69) is 4.98 Å². The molecule has 1 aromatic rings. The summed E-state index contributed by atoms with van der Waals surface area (Å²) in [6.07, 6.45) is 0.171. The Balaban J connectivity index is 3.07. The van der Waals surface area contributed by atoms with Gasteiger partial charge in [0.25, 0.3) is 5.56 Å². The third-order valence-corrected chi connectivity index (χ3v) is 2.40. The van der Waals surface area contributed by atoms with Gasteiger partial charge in [0.1, 0.15) is 6.23 Å². The largest absolute Gasteiger partial charge is 0.394 e. The van der Waals surface area contributed by atoms with Crippen LogP contribution in [0.15, 0.2) is 15.8 Å². The lowest BCUT2D eigenvalue weighted by atomic mass is 10.2. The molecular formula is C11H18N2O5. The third kappa shape index (κ3) is 3.80. The van der Waals surface area contributed by atoms with Gasteiger partial charge in [-0.1, -0.05) is 0 Å². The summed E-state index contributed by atoms with van der Waals surface area (Å²) >= 11 is 0. The molecule has 7 nitrogen and oxygen atoms in total. The highest BCUT2D eigenvalue weighted by Gasteiger charge is 2.16. The minimum absolute atomic E-state index is 0.0437. The molecule has 102 valence electrons. The predicted molar refractivity (Wildman–Crippen MR) is 64.4 cm³/mol. The van der Waals surface area contributed by atoms with Crippen LogP contribution in [-0.2, 0) is 4.74 Å². The summed E-state index contributed by atoms with van der Waals surface area (Å²) in [7, 11) is 0. The third-order valence-electron chi connectivity index (χ3n) is 2.40. The summed E-state index contributed by atoms with van der Waals surface area (Å²) in [5.41, 5.74) is -0.679. The van der Waals surface area contributed by atoms with Crippen LogP contribution in [0.5, 0.6) is 0 Å². The van der Waals surface area contributed by atoms with E-state index in [0.717, 1.165) is 0 Å². The van der Waals surface area contributed by atoms with E-state index in [-0.39, 0.29) is 19.6 Å². The summed E-state index contributed by atoms with van der Waals surface area (Å²) in [4.78, 5) is 25.1. The van der Waals surface area contributed by atoms with Gasteiger partial charge < -0.3 is 14.9 Å². The Morgan fingerprint density at radius 3 is 2.72 bits per heavy atom. The van der Waals surface area contributed by atoms with Gasteiger partial charge in [-0.3, -0.25) is 14.3 Å². The molecule has 0 aliphatic carbocycles. The van der Waals surface area contributed by atoms with Gasteiger partial charge in [0.2, 0.25) is 0 Å². The van der Waals surface area contributed by atoms with Gasteiger partial charge in [-0.15, -0.1) is 0 Å². The molecule has 18 heavy (non-hydrogen) atoms. The topological polar surface area (TPSA) is 105 Å². The lowest BCUT2D eigenvalue weighted by Crippen LogP contribution is -2.35. The van der Waals surface area contributed by atoms with Crippen molar-refractivity contribution in [3.8, 4) is 0 Å². The lowest BCUT2D eigenvalue weighted by Gasteiger charge is -2.21. The van der Waals surface area contributed by atoms with E-state index in [1.54, 1.807) is 13.8 Å². The second-order valence-electron chi connectivity index (χ2n) is 4.11. The Morgan fingerprint density at radius 1 is 1.50 bits per heavy atom. The molecule has 0 bridgehead atoms. The molecule has 0 aliphatic rings. The number of nitrogens with one attached hydrogen (secondary N) is 1. The zero-order valence-corrected chi connectivity index (χ0v) is 10.4. The molecule has 0 aliphatic heterocycles. The maximum Gasteiger partial charge on any atom is 0.330 e. The SMILES string of the molecule is Cc1cn(C(CC(C)O)OCCO)c(=O)[nH]c1=O. The first-order valence-electron chi connectivity index (χ1n) is 5.68. The quantitative estimate of drug-likeness (QED) is 0.615. The van der Waals surface area contributed by atoms with Crippen LogP contribution < -0.4 is 11.2 Å². The predicted octanol–water partition coefficient (Wildman–Crippen LogP) is -0.877. The van der Waals surface area contributed by atoms with E-state index in [9.17, 15) is 14.7 Å². The van der Waals surface area contributed by atoms with Gasteiger partial charge in [-0.25, -0.2) is 4.79 Å². The molecule has 2 atom stereocenters. The average molecular weight is 258 g/mol. The van der Waals surface area contributed by atoms with Crippen LogP contribution in [0.1, 0.15) is 25.1 Å². The van der Waals surface area contributed by atoms with Crippen LogP contribution >= 0.6 is 0 Å². The fraction of sp³-hybridized carbons (Fsp3) is 0.636. The number of ether oxygens (including phenoxy) is 1. The van der Waals surface area contributed by atoms with Crippen LogP contribution in [0.25, 0.3) is 0 Å². The molecular weight excluding hydrogens is 240 g/mol. The van der Waals surface area contributed by atoms with Gasteiger partial charge >= 0.3 is 5.69 Å². The minimum atomic E-state index is -0.722. The highest BCUT2D eigenvalue weighted by molar-refractivity contribution is 5.01. The Morgan fingerprint density at radius 2 is 2.17 bits per heavy atom. The number of nitrogens with zero attached hydrogens (tertiary/aromatic N) is 1. The summed E-state index contributed by atoms with van der Waals surface area (Å²) in [6.45, 7) is 2.99. The monoisotopic (exact) mass is 258 g/mol. The maximum atomic E-state index is 11.7. The second kappa shape index (κ2) is 6.48. The molecule has 3 N–H and O–H groups in total. The number of aromatic amines is 1. The molecule has 0 radical (unpaired) electrons. The van der Waals surface area contributed by atoms with Gasteiger partial charge in [0, 0.05) is 18.2 Å². The number of rotatable bonds is 6. The van der Waals surface area contributed by atoms with Crippen LogP contribution in [-0.4, -0.2) is 39.1 Å². The van der Waals surface area contributed by atoms with Gasteiger partial charge in [0.15, 0.2) is 0 Å². The van der Waals surface area contributed by atoms with Crippen molar-refractivity contribution in [2.45, 2.75) is 32.6 Å². The van der Waals surface area contributed by atoms with Gasteiger partial charge in [-0.2, -0.15) is 0 Å². The molecule has 1 heterocycles. The van der Waals surface area contributed by atoms with Crippen molar-refractivity contribution in [1.82, 2.24) is 9.55 Å². The van der Waals surface area contributed by atoms with Crippen molar-refractivity contribution in [3.63, 3.8) is 0 Å². The Hall–Kier alpha value is -1.44. The first kappa shape index (κ1) is 14.6. The molecule has 0 spiro atoms.